The van der Waals surface area contributed by atoms with Crippen molar-refractivity contribution in [2.24, 2.45) is 17.8 Å². The zero-order valence-electron chi connectivity index (χ0n) is 12.6. The van der Waals surface area contributed by atoms with E-state index in [0.717, 1.165) is 30.8 Å². The topological polar surface area (TPSA) is 44.4 Å². The number of nitrogens with zero attached hydrogens (tertiary/aromatic N) is 1. The van der Waals surface area contributed by atoms with Crippen molar-refractivity contribution in [1.29, 1.82) is 0 Å². The molecule has 0 aromatic carbocycles. The average molecular weight is 267 g/mol. The van der Waals surface area contributed by atoms with Crippen LogP contribution in [0.4, 0.5) is 0 Å². The highest BCUT2D eigenvalue weighted by Crippen LogP contribution is 2.49. The molecule has 0 heterocycles. The Morgan fingerprint density at radius 3 is 2.74 bits per heavy atom. The van der Waals surface area contributed by atoms with E-state index >= 15 is 0 Å². The Balaban J connectivity index is 1.70. The van der Waals surface area contributed by atoms with Crippen LogP contribution in [-0.4, -0.2) is 50.6 Å². The van der Waals surface area contributed by atoms with Gasteiger partial charge in [0, 0.05) is 19.1 Å². The van der Waals surface area contributed by atoms with E-state index in [-0.39, 0.29) is 5.91 Å². The third-order valence-corrected chi connectivity index (χ3v) is 4.98. The van der Waals surface area contributed by atoms with E-state index in [9.17, 15) is 4.79 Å². The molecule has 2 bridgehead atoms. The average Bonchev–Trinajstić information content (AvgIpc) is 2.98. The molecule has 2 aliphatic carbocycles. The minimum Gasteiger partial charge on any atom is -0.352 e. The first-order valence-electron chi connectivity index (χ1n) is 7.72. The first-order valence-corrected chi connectivity index (χ1v) is 7.72. The van der Waals surface area contributed by atoms with Crippen LogP contribution in [0.1, 0.15) is 32.6 Å². The fourth-order valence-electron chi connectivity index (χ4n) is 3.94. The molecular formula is C15H29N3O. The highest BCUT2D eigenvalue weighted by Gasteiger charge is 2.42. The third-order valence-electron chi connectivity index (χ3n) is 4.98. The van der Waals surface area contributed by atoms with Gasteiger partial charge in [0.05, 0.1) is 6.54 Å². The molecular weight excluding hydrogens is 238 g/mol. The van der Waals surface area contributed by atoms with Crippen LogP contribution in [0.15, 0.2) is 0 Å². The zero-order valence-corrected chi connectivity index (χ0v) is 12.6. The molecule has 0 aromatic rings. The van der Waals surface area contributed by atoms with Crippen molar-refractivity contribution in [3.63, 3.8) is 0 Å². The molecule has 1 amide bonds. The van der Waals surface area contributed by atoms with E-state index in [1.54, 1.807) is 0 Å². The van der Waals surface area contributed by atoms with E-state index in [4.69, 9.17) is 0 Å². The smallest absolute Gasteiger partial charge is 0.234 e. The molecule has 0 aromatic heterocycles. The second kappa shape index (κ2) is 6.71. The Morgan fingerprint density at radius 1 is 1.37 bits per heavy atom. The number of hydrogen-bond donors (Lipinski definition) is 2. The summed E-state index contributed by atoms with van der Waals surface area (Å²) in [7, 11) is 3.93. The molecule has 2 aliphatic rings. The minimum absolute atomic E-state index is 0.175. The highest BCUT2D eigenvalue weighted by molar-refractivity contribution is 5.78. The molecule has 0 spiro atoms. The van der Waals surface area contributed by atoms with Crippen LogP contribution in [0.3, 0.4) is 0 Å². The van der Waals surface area contributed by atoms with Crippen molar-refractivity contribution >= 4 is 5.91 Å². The van der Waals surface area contributed by atoms with Gasteiger partial charge in [-0.3, -0.25) is 9.69 Å². The first kappa shape index (κ1) is 14.8. The SMILES string of the molecule is CNCCN(C)CC(=O)NC(C)C1CC2CCC1C2. The quantitative estimate of drug-likeness (QED) is 0.725. The van der Waals surface area contributed by atoms with Crippen LogP contribution in [-0.2, 0) is 4.79 Å². The lowest BCUT2D eigenvalue weighted by Gasteiger charge is -2.29. The lowest BCUT2D eigenvalue weighted by atomic mass is 9.84. The van der Waals surface area contributed by atoms with Gasteiger partial charge >= 0.3 is 0 Å². The van der Waals surface area contributed by atoms with E-state index in [0.29, 0.717) is 12.6 Å². The van der Waals surface area contributed by atoms with Gasteiger partial charge in [0.25, 0.3) is 0 Å². The van der Waals surface area contributed by atoms with Crippen LogP contribution in [0.2, 0.25) is 0 Å². The lowest BCUT2D eigenvalue weighted by molar-refractivity contribution is -0.123. The van der Waals surface area contributed by atoms with Gasteiger partial charge in [0.2, 0.25) is 5.91 Å². The standard InChI is InChI=1S/C15H29N3O/c1-11(14-9-12-4-5-13(14)8-12)17-15(19)10-18(3)7-6-16-2/h11-14,16H,4-10H2,1-3H3,(H,17,19). The fraction of sp³-hybridized carbons (Fsp3) is 0.933. The molecule has 19 heavy (non-hydrogen) atoms. The van der Waals surface area contributed by atoms with Crippen molar-refractivity contribution in [1.82, 2.24) is 15.5 Å². The van der Waals surface area contributed by atoms with Gasteiger partial charge in [-0.1, -0.05) is 6.42 Å². The normalized spacial score (nSPS) is 30.8. The zero-order chi connectivity index (χ0) is 13.8. The van der Waals surface area contributed by atoms with Crippen LogP contribution in [0, 0.1) is 17.8 Å². The summed E-state index contributed by atoms with van der Waals surface area (Å²) in [6, 6.07) is 0.348. The Bertz CT molecular complexity index is 308. The number of likely N-dealkylation sites (N-methyl/N-ethyl adjacent to an activating group) is 2. The van der Waals surface area contributed by atoms with Gasteiger partial charge in [-0.25, -0.2) is 0 Å². The molecule has 2 rings (SSSR count). The van der Waals surface area contributed by atoms with Gasteiger partial charge in [0.15, 0.2) is 0 Å². The molecule has 0 aliphatic heterocycles. The van der Waals surface area contributed by atoms with E-state index in [1.807, 2.05) is 14.1 Å². The molecule has 4 atom stereocenters. The van der Waals surface area contributed by atoms with Gasteiger partial charge in [-0.15, -0.1) is 0 Å². The van der Waals surface area contributed by atoms with Crippen LogP contribution in [0.25, 0.3) is 0 Å². The van der Waals surface area contributed by atoms with Gasteiger partial charge < -0.3 is 10.6 Å². The summed E-state index contributed by atoms with van der Waals surface area (Å²) in [5.74, 6) is 2.73. The summed E-state index contributed by atoms with van der Waals surface area (Å²) < 4.78 is 0. The molecule has 4 heteroatoms. The predicted molar refractivity (Wildman–Crippen MR) is 78.0 cm³/mol. The number of rotatable bonds is 7. The summed E-state index contributed by atoms with van der Waals surface area (Å²) >= 11 is 0. The van der Waals surface area contributed by atoms with Gasteiger partial charge in [-0.2, -0.15) is 0 Å². The van der Waals surface area contributed by atoms with Crippen molar-refractivity contribution < 1.29 is 4.79 Å². The molecule has 0 radical (unpaired) electrons. The predicted octanol–water partition coefficient (Wildman–Crippen LogP) is 1.08. The van der Waals surface area contributed by atoms with Gasteiger partial charge in [0.1, 0.15) is 0 Å². The number of nitrogens with one attached hydrogen (secondary N) is 2. The molecule has 2 N–H and O–H groups in total. The number of carbonyl (C=O) groups is 1. The first-order chi connectivity index (χ1) is 9.10. The number of amides is 1. The van der Waals surface area contributed by atoms with Crippen molar-refractivity contribution in [3.05, 3.63) is 0 Å². The van der Waals surface area contributed by atoms with Crippen molar-refractivity contribution in [2.45, 2.75) is 38.6 Å². The number of fused-ring (bicyclic) bond motifs is 2. The molecule has 2 fully saturated rings. The maximum absolute atomic E-state index is 12.0. The Hall–Kier alpha value is -0.610. The molecule has 2 saturated carbocycles. The van der Waals surface area contributed by atoms with E-state index in [1.165, 1.54) is 25.7 Å². The van der Waals surface area contributed by atoms with Crippen LogP contribution in [0.5, 0.6) is 0 Å². The molecule has 0 saturated heterocycles. The van der Waals surface area contributed by atoms with Crippen molar-refractivity contribution in [2.75, 3.05) is 33.7 Å². The van der Waals surface area contributed by atoms with Gasteiger partial charge in [-0.05, 0) is 58.0 Å². The molecule has 4 unspecified atom stereocenters. The second-order valence-electron chi connectivity index (χ2n) is 6.54. The largest absolute Gasteiger partial charge is 0.352 e. The maximum atomic E-state index is 12.0. The summed E-state index contributed by atoms with van der Waals surface area (Å²) in [6.45, 7) is 4.53. The Labute approximate surface area is 117 Å². The van der Waals surface area contributed by atoms with E-state index in [2.05, 4.69) is 22.5 Å². The summed E-state index contributed by atoms with van der Waals surface area (Å²) in [6.07, 6.45) is 5.56. The Kier molecular flexibility index (Phi) is 5.22. The van der Waals surface area contributed by atoms with Crippen LogP contribution >= 0.6 is 0 Å². The van der Waals surface area contributed by atoms with E-state index < -0.39 is 0 Å². The monoisotopic (exact) mass is 267 g/mol. The number of carbonyl (C=O) groups excluding carboxylic acids is 1. The summed E-state index contributed by atoms with van der Waals surface area (Å²) in [5.41, 5.74) is 0. The second-order valence-corrected chi connectivity index (χ2v) is 6.54. The highest BCUT2D eigenvalue weighted by atomic mass is 16.2. The van der Waals surface area contributed by atoms with Crippen molar-refractivity contribution in [3.8, 4) is 0 Å². The van der Waals surface area contributed by atoms with Crippen LogP contribution < -0.4 is 10.6 Å². The minimum atomic E-state index is 0.175. The summed E-state index contributed by atoms with van der Waals surface area (Å²) in [5, 5.41) is 6.32. The summed E-state index contributed by atoms with van der Waals surface area (Å²) in [4.78, 5) is 14.1. The molecule has 110 valence electrons. The fourth-order valence-corrected chi connectivity index (χ4v) is 3.94. The lowest BCUT2D eigenvalue weighted by Crippen LogP contribution is -2.45. The molecule has 4 nitrogen and oxygen atoms in total. The Morgan fingerprint density at radius 2 is 2.16 bits per heavy atom. The maximum Gasteiger partial charge on any atom is 0.234 e. The number of hydrogen-bond acceptors (Lipinski definition) is 3. The third kappa shape index (κ3) is 3.93.